The molecular formula is C2HAuF4. The van der Waals surface area contributed by atoms with Crippen molar-refractivity contribution in [1.29, 1.82) is 0 Å². The topological polar surface area (TPSA) is 0 Å². The molecule has 0 radical (unpaired) electrons. The predicted molar refractivity (Wildman–Crippen MR) is 11.0 cm³/mol. The normalized spacial score (nSPS) is 16.9. The third-order valence-electron chi connectivity index (χ3n) is 0.222. The first-order chi connectivity index (χ1) is 2.94. The molecule has 0 aromatic heterocycles. The van der Waals surface area contributed by atoms with Gasteiger partial charge in [0, 0.05) is 0 Å². The fraction of sp³-hybridized carbons (Fsp3) is 1.00. The molecule has 0 aliphatic heterocycles. The number of hydrogen-bond acceptors (Lipinski definition) is 0. The van der Waals surface area contributed by atoms with Gasteiger partial charge in [0.1, 0.15) is 0 Å². The Morgan fingerprint density at radius 1 is 1.29 bits per heavy atom. The monoisotopic (exact) mass is 298 g/mol. The summed E-state index contributed by atoms with van der Waals surface area (Å²) in [7, 11) is 0. The molecule has 0 nitrogen and oxygen atoms in total. The number of halogens is 4. The van der Waals surface area contributed by atoms with E-state index >= 15 is 0 Å². The molecule has 1 atom stereocenters. The third kappa shape index (κ3) is 3.08. The van der Waals surface area contributed by atoms with E-state index in [9.17, 15) is 17.6 Å². The summed E-state index contributed by atoms with van der Waals surface area (Å²) in [4.78, 5) is 0. The molecular weight excluding hydrogens is 297 g/mol. The molecule has 0 saturated heterocycles. The van der Waals surface area contributed by atoms with E-state index in [0.29, 0.717) is 0 Å². The van der Waals surface area contributed by atoms with Gasteiger partial charge in [-0.2, -0.15) is 0 Å². The van der Waals surface area contributed by atoms with E-state index in [4.69, 9.17) is 0 Å². The van der Waals surface area contributed by atoms with Gasteiger partial charge in [0.25, 0.3) is 0 Å². The van der Waals surface area contributed by atoms with Crippen LogP contribution in [-0.2, 0) is 21.1 Å². The van der Waals surface area contributed by atoms with Crippen LogP contribution in [0.25, 0.3) is 0 Å². The Kier molecular flexibility index (Phi) is 2.29. The van der Waals surface area contributed by atoms with Gasteiger partial charge in [-0.15, -0.1) is 0 Å². The molecule has 48 valence electrons. The van der Waals surface area contributed by atoms with Gasteiger partial charge in [-0.25, -0.2) is 0 Å². The van der Waals surface area contributed by atoms with Crippen molar-refractivity contribution < 1.29 is 38.6 Å². The summed E-state index contributed by atoms with van der Waals surface area (Å²) in [5.74, 6) is 0. The minimum absolute atomic E-state index is 0.827. The van der Waals surface area contributed by atoms with Crippen LogP contribution in [0.4, 0.5) is 17.6 Å². The Morgan fingerprint density at radius 3 is 1.43 bits per heavy atom. The minimum atomic E-state index is -4.69. The molecule has 0 bridgehead atoms. The van der Waals surface area contributed by atoms with Crippen LogP contribution in [0.3, 0.4) is 0 Å². The van der Waals surface area contributed by atoms with E-state index in [-0.39, 0.29) is 0 Å². The summed E-state index contributed by atoms with van der Waals surface area (Å²) in [6, 6.07) is 0. The number of hydrogen-bond donors (Lipinski definition) is 0. The number of rotatable bonds is 0. The van der Waals surface area contributed by atoms with Crippen LogP contribution < -0.4 is 0 Å². The Balaban J connectivity index is 3.54. The molecule has 0 aliphatic rings. The maximum atomic E-state index is 11.1. The molecule has 0 aromatic carbocycles. The Hall–Kier alpha value is 0.460. The molecule has 0 heterocycles. The molecule has 0 fully saturated rings. The van der Waals surface area contributed by atoms with Crippen LogP contribution in [0, 0.1) is 0 Å². The molecule has 7 heavy (non-hydrogen) atoms. The van der Waals surface area contributed by atoms with Crippen molar-refractivity contribution >= 4 is 0 Å². The second kappa shape index (κ2) is 2.15. The zero-order valence-electron chi connectivity index (χ0n) is 2.89. The fourth-order valence-corrected chi connectivity index (χ4v) is 0. The second-order valence-electron chi connectivity index (χ2n) is 0.804. The Bertz CT molecular complexity index is 55.2. The van der Waals surface area contributed by atoms with Crippen LogP contribution >= 0.6 is 0 Å². The van der Waals surface area contributed by atoms with Gasteiger partial charge in [-0.3, -0.25) is 0 Å². The quantitative estimate of drug-likeness (QED) is 0.468. The third-order valence-corrected chi connectivity index (χ3v) is 0.932. The molecule has 0 spiro atoms. The average Bonchev–Trinajstić information content (AvgIpc) is 1.31. The van der Waals surface area contributed by atoms with Crippen molar-refractivity contribution in [2.75, 3.05) is 0 Å². The van der Waals surface area contributed by atoms with Crippen LogP contribution in [-0.4, -0.2) is 10.6 Å². The summed E-state index contributed by atoms with van der Waals surface area (Å²) in [6.45, 7) is 0. The summed E-state index contributed by atoms with van der Waals surface area (Å²) in [5, 5.41) is 0. The van der Waals surface area contributed by atoms with Crippen molar-refractivity contribution in [1.82, 2.24) is 0 Å². The molecule has 5 heteroatoms. The first-order valence-corrected chi connectivity index (χ1v) is 2.50. The van der Waals surface area contributed by atoms with Gasteiger partial charge in [-0.1, -0.05) is 0 Å². The maximum absolute atomic E-state index is 11.1. The van der Waals surface area contributed by atoms with Crippen LogP contribution in [0.1, 0.15) is 0 Å². The van der Waals surface area contributed by atoms with Gasteiger partial charge in [0.2, 0.25) is 0 Å². The van der Waals surface area contributed by atoms with E-state index in [1.165, 1.54) is 0 Å². The summed E-state index contributed by atoms with van der Waals surface area (Å²) < 4.78 is 40.7. The summed E-state index contributed by atoms with van der Waals surface area (Å²) in [6.07, 6.45) is -4.69. The Labute approximate surface area is 49.8 Å². The molecule has 0 aliphatic carbocycles. The van der Waals surface area contributed by atoms with Crippen LogP contribution in [0.2, 0.25) is 0 Å². The summed E-state index contributed by atoms with van der Waals surface area (Å²) in [5.41, 5.74) is 0. The van der Waals surface area contributed by atoms with E-state index in [2.05, 4.69) is 0 Å². The first-order valence-electron chi connectivity index (χ1n) is 1.25. The molecule has 0 rings (SSSR count). The van der Waals surface area contributed by atoms with Gasteiger partial charge in [-0.05, 0) is 0 Å². The van der Waals surface area contributed by atoms with Gasteiger partial charge in [0.15, 0.2) is 0 Å². The van der Waals surface area contributed by atoms with Gasteiger partial charge in [0.05, 0.1) is 0 Å². The zero-order chi connectivity index (χ0) is 6.08. The molecule has 1 unspecified atom stereocenters. The van der Waals surface area contributed by atoms with E-state index in [1.807, 2.05) is 0 Å². The van der Waals surface area contributed by atoms with Crippen LogP contribution in [0.5, 0.6) is 0 Å². The first kappa shape index (κ1) is 7.46. The van der Waals surface area contributed by atoms with Crippen molar-refractivity contribution in [3.63, 3.8) is 0 Å². The summed E-state index contributed by atoms with van der Waals surface area (Å²) >= 11 is 0.827. The van der Waals surface area contributed by atoms with Gasteiger partial charge < -0.3 is 0 Å². The predicted octanol–water partition coefficient (Wildman–Crippen LogP) is 1.39. The van der Waals surface area contributed by atoms with Crippen molar-refractivity contribution in [3.8, 4) is 0 Å². The second-order valence-corrected chi connectivity index (χ2v) is 1.90. The van der Waals surface area contributed by atoms with E-state index in [0.717, 1.165) is 21.1 Å². The average molecular weight is 298 g/mol. The molecule has 0 aromatic rings. The standard InChI is InChI=1S/C2HF4.Au/c3-1-2(4,5)6;/h1H;. The molecule has 0 saturated carbocycles. The molecule has 0 amide bonds. The van der Waals surface area contributed by atoms with E-state index < -0.39 is 10.6 Å². The van der Waals surface area contributed by atoms with Crippen molar-refractivity contribution in [3.05, 3.63) is 0 Å². The Morgan fingerprint density at radius 2 is 1.43 bits per heavy atom. The fourth-order valence-electron chi connectivity index (χ4n) is 0. The van der Waals surface area contributed by atoms with E-state index in [1.54, 1.807) is 0 Å². The molecule has 0 N–H and O–H groups in total. The SMILES string of the molecule is F[CH]([Au])C(F)(F)F. The number of alkyl halides is 4. The van der Waals surface area contributed by atoms with Crippen LogP contribution in [0.15, 0.2) is 0 Å². The van der Waals surface area contributed by atoms with Crippen molar-refractivity contribution in [2.24, 2.45) is 0 Å². The zero-order valence-corrected chi connectivity index (χ0v) is 5.06. The van der Waals surface area contributed by atoms with Gasteiger partial charge >= 0.3 is 49.2 Å². The van der Waals surface area contributed by atoms with Crippen molar-refractivity contribution in [2.45, 2.75) is 10.6 Å².